The predicted octanol–water partition coefficient (Wildman–Crippen LogP) is 4.04. The monoisotopic (exact) mass is 348 g/mol. The second kappa shape index (κ2) is 7.84. The van der Waals surface area contributed by atoms with Crippen LogP contribution in [-0.2, 0) is 11.2 Å². The Balaban J connectivity index is 1.74. The molecule has 0 saturated carbocycles. The first-order valence-corrected chi connectivity index (χ1v) is 7.52. The number of halogens is 1. The molecule has 110 valence electrons. The standard InChI is InChI=1S/C17H17BrO3/c1-13(19)11-14-5-7-16(8-6-14)20-9-10-21-17-4-2-3-15(18)12-17/h2-8,12H,9-11H2,1H3. The van der Waals surface area contributed by atoms with Gasteiger partial charge in [-0.25, -0.2) is 0 Å². The fourth-order valence-corrected chi connectivity index (χ4v) is 2.25. The van der Waals surface area contributed by atoms with E-state index in [0.717, 1.165) is 21.5 Å². The third-order valence-corrected chi connectivity index (χ3v) is 3.29. The van der Waals surface area contributed by atoms with Crippen molar-refractivity contribution in [3.63, 3.8) is 0 Å². The molecule has 0 amide bonds. The van der Waals surface area contributed by atoms with Crippen LogP contribution in [0.2, 0.25) is 0 Å². The normalized spacial score (nSPS) is 10.2. The van der Waals surface area contributed by atoms with Crippen LogP contribution in [0.1, 0.15) is 12.5 Å². The van der Waals surface area contributed by atoms with Crippen LogP contribution in [0.4, 0.5) is 0 Å². The van der Waals surface area contributed by atoms with E-state index in [0.29, 0.717) is 19.6 Å². The van der Waals surface area contributed by atoms with Gasteiger partial charge in [0.15, 0.2) is 0 Å². The highest BCUT2D eigenvalue weighted by atomic mass is 79.9. The largest absolute Gasteiger partial charge is 0.490 e. The maximum atomic E-state index is 11.0. The topological polar surface area (TPSA) is 35.5 Å². The molecule has 0 radical (unpaired) electrons. The Morgan fingerprint density at radius 3 is 2.29 bits per heavy atom. The molecule has 4 heteroatoms. The average molecular weight is 349 g/mol. The lowest BCUT2D eigenvalue weighted by Crippen LogP contribution is -2.09. The van der Waals surface area contributed by atoms with Gasteiger partial charge in [-0.05, 0) is 42.8 Å². The summed E-state index contributed by atoms with van der Waals surface area (Å²) in [7, 11) is 0. The van der Waals surface area contributed by atoms with Gasteiger partial charge in [-0.1, -0.05) is 34.1 Å². The number of carbonyl (C=O) groups is 1. The molecule has 0 N–H and O–H groups in total. The van der Waals surface area contributed by atoms with E-state index in [1.165, 1.54) is 0 Å². The molecular weight excluding hydrogens is 332 g/mol. The minimum absolute atomic E-state index is 0.158. The van der Waals surface area contributed by atoms with Crippen LogP contribution in [0.5, 0.6) is 11.5 Å². The average Bonchev–Trinajstić information content (AvgIpc) is 2.45. The lowest BCUT2D eigenvalue weighted by molar-refractivity contribution is -0.116. The highest BCUT2D eigenvalue weighted by molar-refractivity contribution is 9.10. The van der Waals surface area contributed by atoms with E-state index in [1.807, 2.05) is 48.5 Å². The lowest BCUT2D eigenvalue weighted by atomic mass is 10.1. The molecule has 0 spiro atoms. The number of hydrogen-bond donors (Lipinski definition) is 0. The van der Waals surface area contributed by atoms with Gasteiger partial charge >= 0.3 is 0 Å². The van der Waals surface area contributed by atoms with Crippen molar-refractivity contribution in [2.24, 2.45) is 0 Å². The molecule has 0 aliphatic rings. The molecule has 0 fully saturated rings. The second-order valence-electron chi connectivity index (χ2n) is 4.68. The fourth-order valence-electron chi connectivity index (χ4n) is 1.87. The van der Waals surface area contributed by atoms with Crippen molar-refractivity contribution in [3.05, 3.63) is 58.6 Å². The van der Waals surface area contributed by atoms with Crippen LogP contribution in [0.15, 0.2) is 53.0 Å². The van der Waals surface area contributed by atoms with Gasteiger partial charge in [-0.15, -0.1) is 0 Å². The van der Waals surface area contributed by atoms with Crippen molar-refractivity contribution in [1.82, 2.24) is 0 Å². The van der Waals surface area contributed by atoms with E-state index in [9.17, 15) is 4.79 Å². The molecular formula is C17H17BrO3. The number of ether oxygens (including phenoxy) is 2. The van der Waals surface area contributed by atoms with Crippen LogP contribution in [0.3, 0.4) is 0 Å². The zero-order valence-corrected chi connectivity index (χ0v) is 13.4. The highest BCUT2D eigenvalue weighted by Crippen LogP contribution is 2.18. The quantitative estimate of drug-likeness (QED) is 0.708. The third kappa shape index (κ3) is 5.60. The summed E-state index contributed by atoms with van der Waals surface area (Å²) in [5.41, 5.74) is 1.00. The van der Waals surface area contributed by atoms with Gasteiger partial charge < -0.3 is 9.47 Å². The second-order valence-corrected chi connectivity index (χ2v) is 5.59. The summed E-state index contributed by atoms with van der Waals surface area (Å²) in [6, 6.07) is 15.3. The molecule has 0 aliphatic carbocycles. The van der Waals surface area contributed by atoms with Crippen molar-refractivity contribution in [3.8, 4) is 11.5 Å². The van der Waals surface area contributed by atoms with Gasteiger partial charge in [0, 0.05) is 10.9 Å². The fraction of sp³-hybridized carbons (Fsp3) is 0.235. The number of Topliss-reactive ketones (excluding diaryl/α,β-unsaturated/α-hetero) is 1. The van der Waals surface area contributed by atoms with Crippen LogP contribution in [0.25, 0.3) is 0 Å². The van der Waals surface area contributed by atoms with Crippen LogP contribution in [-0.4, -0.2) is 19.0 Å². The van der Waals surface area contributed by atoms with Gasteiger partial charge in [-0.2, -0.15) is 0 Å². The Kier molecular flexibility index (Phi) is 5.81. The first kappa shape index (κ1) is 15.6. The lowest BCUT2D eigenvalue weighted by Gasteiger charge is -2.09. The van der Waals surface area contributed by atoms with Crippen molar-refractivity contribution >= 4 is 21.7 Å². The summed E-state index contributed by atoms with van der Waals surface area (Å²) in [6.45, 7) is 2.54. The van der Waals surface area contributed by atoms with Crippen LogP contribution in [0, 0.1) is 0 Å². The minimum atomic E-state index is 0.158. The molecule has 2 aromatic carbocycles. The molecule has 0 bridgehead atoms. The Labute approximate surface area is 133 Å². The Bertz CT molecular complexity index is 593. The number of benzene rings is 2. The number of carbonyl (C=O) groups excluding carboxylic acids is 1. The van der Waals surface area contributed by atoms with E-state index < -0.39 is 0 Å². The van der Waals surface area contributed by atoms with Crippen LogP contribution >= 0.6 is 15.9 Å². The number of hydrogen-bond acceptors (Lipinski definition) is 3. The van der Waals surface area contributed by atoms with E-state index in [1.54, 1.807) is 6.92 Å². The van der Waals surface area contributed by atoms with Crippen molar-refractivity contribution in [2.45, 2.75) is 13.3 Å². The Morgan fingerprint density at radius 2 is 1.67 bits per heavy atom. The molecule has 21 heavy (non-hydrogen) atoms. The minimum Gasteiger partial charge on any atom is -0.490 e. The summed E-state index contributed by atoms with van der Waals surface area (Å²) < 4.78 is 12.2. The summed E-state index contributed by atoms with van der Waals surface area (Å²) in [5, 5.41) is 0. The molecule has 2 aromatic rings. The highest BCUT2D eigenvalue weighted by Gasteiger charge is 1.99. The molecule has 0 heterocycles. The van der Waals surface area contributed by atoms with Gasteiger partial charge in [0.05, 0.1) is 0 Å². The van der Waals surface area contributed by atoms with Gasteiger partial charge in [-0.3, -0.25) is 4.79 Å². The smallest absolute Gasteiger partial charge is 0.134 e. The van der Waals surface area contributed by atoms with E-state index in [-0.39, 0.29) is 5.78 Å². The zero-order chi connectivity index (χ0) is 15.1. The van der Waals surface area contributed by atoms with E-state index in [4.69, 9.17) is 9.47 Å². The van der Waals surface area contributed by atoms with Crippen LogP contribution < -0.4 is 9.47 Å². The van der Waals surface area contributed by atoms with E-state index in [2.05, 4.69) is 15.9 Å². The maximum Gasteiger partial charge on any atom is 0.134 e. The molecule has 0 aromatic heterocycles. The summed E-state index contributed by atoms with van der Waals surface area (Å²) in [5.74, 6) is 1.75. The molecule has 0 saturated heterocycles. The third-order valence-electron chi connectivity index (χ3n) is 2.79. The predicted molar refractivity (Wildman–Crippen MR) is 86.0 cm³/mol. The SMILES string of the molecule is CC(=O)Cc1ccc(OCCOc2cccc(Br)c2)cc1. The van der Waals surface area contributed by atoms with Crippen molar-refractivity contribution < 1.29 is 14.3 Å². The van der Waals surface area contributed by atoms with E-state index >= 15 is 0 Å². The molecule has 2 rings (SSSR count). The Hall–Kier alpha value is -1.81. The maximum absolute atomic E-state index is 11.0. The Morgan fingerprint density at radius 1 is 1.00 bits per heavy atom. The zero-order valence-electron chi connectivity index (χ0n) is 11.8. The van der Waals surface area contributed by atoms with Crippen molar-refractivity contribution in [1.29, 1.82) is 0 Å². The number of ketones is 1. The summed E-state index contributed by atoms with van der Waals surface area (Å²) in [4.78, 5) is 11.0. The van der Waals surface area contributed by atoms with Crippen molar-refractivity contribution in [2.75, 3.05) is 13.2 Å². The summed E-state index contributed by atoms with van der Waals surface area (Å²) >= 11 is 3.40. The molecule has 0 unspecified atom stereocenters. The van der Waals surface area contributed by atoms with Gasteiger partial charge in [0.25, 0.3) is 0 Å². The number of rotatable bonds is 7. The first-order chi connectivity index (χ1) is 10.1. The first-order valence-electron chi connectivity index (χ1n) is 6.73. The molecule has 3 nitrogen and oxygen atoms in total. The van der Waals surface area contributed by atoms with Gasteiger partial charge in [0.2, 0.25) is 0 Å². The molecule has 0 atom stereocenters. The van der Waals surface area contributed by atoms with Gasteiger partial charge in [0.1, 0.15) is 30.5 Å². The summed E-state index contributed by atoms with van der Waals surface area (Å²) in [6.07, 6.45) is 0.465. The molecule has 0 aliphatic heterocycles.